The summed E-state index contributed by atoms with van der Waals surface area (Å²) in [4.78, 5) is 17.3. The Kier molecular flexibility index (Phi) is 6.19. The van der Waals surface area contributed by atoms with Crippen molar-refractivity contribution in [3.63, 3.8) is 0 Å². The average molecular weight is 409 g/mol. The fraction of sp³-hybridized carbons (Fsp3) is 0.136. The molecule has 2 aromatic carbocycles. The molecule has 0 atom stereocenters. The van der Waals surface area contributed by atoms with E-state index in [1.165, 1.54) is 37.3 Å². The van der Waals surface area contributed by atoms with Crippen molar-refractivity contribution in [1.29, 1.82) is 0 Å². The molecule has 0 saturated carbocycles. The number of aliphatic hydroxyl groups is 1. The molecule has 3 aromatic rings. The summed E-state index contributed by atoms with van der Waals surface area (Å²) in [5, 5.41) is 14.7. The largest absolute Gasteiger partial charge is 0.512 e. The monoisotopic (exact) mass is 409 g/mol. The van der Waals surface area contributed by atoms with Crippen LogP contribution in [0.25, 0.3) is 16.8 Å². The number of hydrogen-bond donors (Lipinski definition) is 2. The number of aliphatic hydroxyl groups excluding tert-OH is 1. The lowest BCUT2D eigenvalue weighted by molar-refractivity contribution is -0.111. The molecule has 0 saturated heterocycles. The number of benzene rings is 2. The molecule has 29 heavy (non-hydrogen) atoms. The summed E-state index contributed by atoms with van der Waals surface area (Å²) in [5.41, 5.74) is 6.33. The molecule has 0 bridgehead atoms. The van der Waals surface area contributed by atoms with Crippen LogP contribution in [0.5, 0.6) is 0 Å². The van der Waals surface area contributed by atoms with Crippen LogP contribution in [0, 0.1) is 12.7 Å². The van der Waals surface area contributed by atoms with Crippen LogP contribution in [0.2, 0.25) is 0 Å². The van der Waals surface area contributed by atoms with Crippen LogP contribution in [-0.4, -0.2) is 22.1 Å². The van der Waals surface area contributed by atoms with Crippen molar-refractivity contribution in [1.82, 2.24) is 4.98 Å². The van der Waals surface area contributed by atoms with E-state index in [1.807, 2.05) is 31.2 Å². The Balaban J connectivity index is 1.97. The topological polar surface area (TPSA) is 74.6 Å². The molecule has 1 heterocycles. The third kappa shape index (κ3) is 4.94. The number of anilines is 1. The van der Waals surface area contributed by atoms with Gasteiger partial charge in [0.05, 0.1) is 22.4 Å². The summed E-state index contributed by atoms with van der Waals surface area (Å²) >= 11 is 1.23. The fourth-order valence-electron chi connectivity index (χ4n) is 2.73. The summed E-state index contributed by atoms with van der Waals surface area (Å²) in [6.45, 7) is 4.88. The minimum atomic E-state index is -0.315. The SMILES string of the molecule is CC(=O)C(=C(C)O)c1sc(NN=Cc2ccc(F)cc2)nc1-c1ccc(C)cc1. The van der Waals surface area contributed by atoms with Gasteiger partial charge in [0.2, 0.25) is 5.13 Å². The number of hydrazone groups is 1. The number of nitrogens with zero attached hydrogens (tertiary/aromatic N) is 2. The van der Waals surface area contributed by atoms with Crippen molar-refractivity contribution in [2.75, 3.05) is 5.43 Å². The lowest BCUT2D eigenvalue weighted by Crippen LogP contribution is -1.99. The number of hydrogen-bond acceptors (Lipinski definition) is 6. The van der Waals surface area contributed by atoms with Crippen molar-refractivity contribution < 1.29 is 14.3 Å². The van der Waals surface area contributed by atoms with E-state index in [9.17, 15) is 14.3 Å². The summed E-state index contributed by atoms with van der Waals surface area (Å²) in [6.07, 6.45) is 1.55. The molecule has 148 valence electrons. The van der Waals surface area contributed by atoms with Crippen LogP contribution >= 0.6 is 11.3 Å². The molecular weight excluding hydrogens is 389 g/mol. The van der Waals surface area contributed by atoms with E-state index in [1.54, 1.807) is 18.3 Å². The molecule has 0 spiro atoms. The van der Waals surface area contributed by atoms with E-state index in [-0.39, 0.29) is 22.9 Å². The molecule has 7 heteroatoms. The van der Waals surface area contributed by atoms with E-state index in [0.29, 0.717) is 15.7 Å². The van der Waals surface area contributed by atoms with Gasteiger partial charge in [-0.25, -0.2) is 9.37 Å². The first-order chi connectivity index (χ1) is 13.8. The Labute approximate surface area is 172 Å². The second-order valence-corrected chi connectivity index (χ2v) is 7.50. The van der Waals surface area contributed by atoms with Crippen molar-refractivity contribution in [3.05, 3.63) is 76.1 Å². The minimum Gasteiger partial charge on any atom is -0.512 e. The molecule has 5 nitrogen and oxygen atoms in total. The highest BCUT2D eigenvalue weighted by atomic mass is 32.1. The highest BCUT2D eigenvalue weighted by Gasteiger charge is 2.21. The third-order valence-corrected chi connectivity index (χ3v) is 5.11. The Morgan fingerprint density at radius 1 is 1.14 bits per heavy atom. The number of aryl methyl sites for hydroxylation is 1. The Hall–Kier alpha value is -3.32. The first-order valence-electron chi connectivity index (χ1n) is 8.89. The van der Waals surface area contributed by atoms with Crippen LogP contribution in [0.3, 0.4) is 0 Å². The minimum absolute atomic E-state index is 0.0594. The van der Waals surface area contributed by atoms with Gasteiger partial charge in [-0.2, -0.15) is 5.10 Å². The lowest BCUT2D eigenvalue weighted by Gasteiger charge is -2.06. The molecule has 2 N–H and O–H groups in total. The highest BCUT2D eigenvalue weighted by Crippen LogP contribution is 2.37. The third-order valence-electron chi connectivity index (χ3n) is 4.14. The fourth-order valence-corrected chi connectivity index (χ4v) is 3.82. The molecule has 0 fully saturated rings. The summed E-state index contributed by atoms with van der Waals surface area (Å²) in [6, 6.07) is 13.7. The summed E-state index contributed by atoms with van der Waals surface area (Å²) < 4.78 is 13.0. The van der Waals surface area contributed by atoms with Crippen LogP contribution in [-0.2, 0) is 4.79 Å². The van der Waals surface area contributed by atoms with Gasteiger partial charge in [-0.3, -0.25) is 10.2 Å². The van der Waals surface area contributed by atoms with Gasteiger partial charge >= 0.3 is 0 Å². The molecule has 3 rings (SSSR count). The standard InChI is InChI=1S/C22H20FN3O2S/c1-13-4-8-17(9-5-13)20-21(19(14(2)27)15(3)28)29-22(25-20)26-24-12-16-6-10-18(23)11-7-16/h4-12,27H,1-3H3,(H,25,26). The molecule has 0 amide bonds. The predicted octanol–water partition coefficient (Wildman–Crippen LogP) is 5.58. The van der Waals surface area contributed by atoms with Gasteiger partial charge in [-0.1, -0.05) is 53.3 Å². The van der Waals surface area contributed by atoms with Crippen LogP contribution in [0.4, 0.5) is 9.52 Å². The smallest absolute Gasteiger partial charge is 0.204 e. The molecule has 1 aromatic heterocycles. The van der Waals surface area contributed by atoms with Gasteiger partial charge in [0.25, 0.3) is 0 Å². The molecule has 0 unspecified atom stereocenters. The first-order valence-corrected chi connectivity index (χ1v) is 9.70. The summed E-state index contributed by atoms with van der Waals surface area (Å²) in [7, 11) is 0. The van der Waals surface area contributed by atoms with Gasteiger partial charge in [-0.05, 0) is 38.5 Å². The van der Waals surface area contributed by atoms with E-state index in [0.717, 1.165) is 16.7 Å². The number of thiazole rings is 1. The molecule has 0 aliphatic carbocycles. The zero-order valence-electron chi connectivity index (χ0n) is 16.2. The first kappa shape index (κ1) is 20.4. The van der Waals surface area contributed by atoms with Gasteiger partial charge in [0.1, 0.15) is 11.6 Å². The molecule has 0 aliphatic rings. The maximum atomic E-state index is 13.0. The number of allylic oxidation sites excluding steroid dienone is 2. The zero-order valence-corrected chi connectivity index (χ0v) is 17.0. The highest BCUT2D eigenvalue weighted by molar-refractivity contribution is 7.17. The average Bonchev–Trinajstić information content (AvgIpc) is 3.07. The van der Waals surface area contributed by atoms with Crippen molar-refractivity contribution in [2.45, 2.75) is 20.8 Å². The van der Waals surface area contributed by atoms with Crippen molar-refractivity contribution in [3.8, 4) is 11.3 Å². The number of carbonyl (C=O) groups excluding carboxylic acids is 1. The Morgan fingerprint density at radius 2 is 1.79 bits per heavy atom. The number of rotatable bonds is 6. The Morgan fingerprint density at radius 3 is 2.38 bits per heavy atom. The van der Waals surface area contributed by atoms with Gasteiger partial charge < -0.3 is 5.11 Å². The molecule has 0 radical (unpaired) electrons. The van der Waals surface area contributed by atoms with Gasteiger partial charge in [0.15, 0.2) is 5.78 Å². The van der Waals surface area contributed by atoms with E-state index in [4.69, 9.17) is 0 Å². The van der Waals surface area contributed by atoms with Crippen LogP contribution in [0.15, 0.2) is 59.4 Å². The lowest BCUT2D eigenvalue weighted by atomic mass is 10.0. The Bertz CT molecular complexity index is 1080. The zero-order chi connectivity index (χ0) is 21.0. The number of nitrogens with one attached hydrogen (secondary N) is 1. The summed E-state index contributed by atoms with van der Waals surface area (Å²) in [5.74, 6) is -0.621. The van der Waals surface area contributed by atoms with Crippen LogP contribution < -0.4 is 5.43 Å². The van der Waals surface area contributed by atoms with E-state index >= 15 is 0 Å². The predicted molar refractivity (Wildman–Crippen MR) is 116 cm³/mol. The number of carbonyl (C=O) groups is 1. The number of halogens is 1. The second kappa shape index (κ2) is 8.79. The quantitative estimate of drug-likeness (QED) is 0.241. The maximum absolute atomic E-state index is 13.0. The van der Waals surface area contributed by atoms with Crippen LogP contribution in [0.1, 0.15) is 29.9 Å². The number of aromatic nitrogens is 1. The van der Waals surface area contributed by atoms with E-state index < -0.39 is 0 Å². The second-order valence-electron chi connectivity index (χ2n) is 6.50. The maximum Gasteiger partial charge on any atom is 0.204 e. The van der Waals surface area contributed by atoms with Crippen molar-refractivity contribution >= 4 is 34.0 Å². The van der Waals surface area contributed by atoms with Crippen molar-refractivity contribution in [2.24, 2.45) is 5.10 Å². The normalized spacial score (nSPS) is 12.1. The molecule has 0 aliphatic heterocycles. The van der Waals surface area contributed by atoms with Gasteiger partial charge in [0, 0.05) is 5.56 Å². The molecular formula is C22H20FN3O2S. The number of ketones is 1. The van der Waals surface area contributed by atoms with Gasteiger partial charge in [-0.15, -0.1) is 0 Å². The number of Topliss-reactive ketones (excluding diaryl/α,β-unsaturated/α-hetero) is 1. The van der Waals surface area contributed by atoms with E-state index in [2.05, 4.69) is 15.5 Å².